The van der Waals surface area contributed by atoms with Crippen molar-refractivity contribution in [2.45, 2.75) is 33.1 Å². The van der Waals surface area contributed by atoms with E-state index in [1.54, 1.807) is 10.9 Å². The standard InChI is InChI=1S/C24H23BrN4O/c1-3-4-7-17-10-12-18(13-11-17)29-27-22-14-16(2)21(15-23(22)28-29)26-24(30)19-8-5-6-9-20(19)25/h5-6,8-15H,3-4,7H2,1-2H3,(H,26,30). The summed E-state index contributed by atoms with van der Waals surface area (Å²) < 4.78 is 0.759. The molecule has 0 aliphatic carbocycles. The predicted molar refractivity (Wildman–Crippen MR) is 124 cm³/mol. The number of rotatable bonds is 6. The molecule has 1 heterocycles. The molecule has 30 heavy (non-hydrogen) atoms. The van der Waals surface area contributed by atoms with Gasteiger partial charge in [0.05, 0.1) is 11.3 Å². The number of fused-ring (bicyclic) bond motifs is 1. The number of amides is 1. The van der Waals surface area contributed by atoms with E-state index in [-0.39, 0.29) is 5.91 Å². The second-order valence-electron chi connectivity index (χ2n) is 7.35. The van der Waals surface area contributed by atoms with Crippen molar-refractivity contribution in [1.82, 2.24) is 15.0 Å². The molecule has 0 radical (unpaired) electrons. The molecular weight excluding hydrogens is 440 g/mol. The van der Waals surface area contributed by atoms with Gasteiger partial charge in [-0.05, 0) is 83.2 Å². The van der Waals surface area contributed by atoms with Gasteiger partial charge in [0, 0.05) is 10.2 Å². The minimum Gasteiger partial charge on any atom is -0.322 e. The fourth-order valence-corrected chi connectivity index (χ4v) is 3.79. The Balaban J connectivity index is 1.60. The van der Waals surface area contributed by atoms with Gasteiger partial charge < -0.3 is 5.32 Å². The van der Waals surface area contributed by atoms with Crippen LogP contribution in [-0.2, 0) is 6.42 Å². The van der Waals surface area contributed by atoms with Crippen molar-refractivity contribution in [3.8, 4) is 5.69 Å². The predicted octanol–water partition coefficient (Wildman–Crippen LogP) is 6.09. The summed E-state index contributed by atoms with van der Waals surface area (Å²) in [7, 11) is 0. The van der Waals surface area contributed by atoms with Gasteiger partial charge in [-0.25, -0.2) is 0 Å². The Bertz CT molecular complexity index is 1200. The molecule has 0 spiro atoms. The van der Waals surface area contributed by atoms with Gasteiger partial charge in [-0.3, -0.25) is 4.79 Å². The number of hydrogen-bond acceptors (Lipinski definition) is 3. The number of nitrogens with one attached hydrogen (secondary N) is 1. The van der Waals surface area contributed by atoms with Crippen LogP contribution in [0.3, 0.4) is 0 Å². The molecule has 0 saturated heterocycles. The minimum atomic E-state index is -0.167. The Kier molecular flexibility index (Phi) is 5.95. The molecule has 0 fully saturated rings. The molecule has 0 saturated carbocycles. The largest absolute Gasteiger partial charge is 0.322 e. The number of aromatic nitrogens is 3. The van der Waals surface area contributed by atoms with Gasteiger partial charge in [0.15, 0.2) is 0 Å². The molecule has 0 aliphatic rings. The molecule has 1 N–H and O–H groups in total. The van der Waals surface area contributed by atoms with Crippen molar-refractivity contribution < 1.29 is 4.79 Å². The maximum atomic E-state index is 12.7. The summed E-state index contributed by atoms with van der Waals surface area (Å²) in [4.78, 5) is 14.3. The normalized spacial score (nSPS) is 11.0. The zero-order valence-electron chi connectivity index (χ0n) is 17.0. The van der Waals surface area contributed by atoms with Gasteiger partial charge in [-0.1, -0.05) is 37.6 Å². The van der Waals surface area contributed by atoms with Crippen molar-refractivity contribution in [3.05, 3.63) is 81.8 Å². The second kappa shape index (κ2) is 8.79. The van der Waals surface area contributed by atoms with Crippen LogP contribution in [0.4, 0.5) is 5.69 Å². The van der Waals surface area contributed by atoms with Crippen molar-refractivity contribution in [2.75, 3.05) is 5.32 Å². The Labute approximate surface area is 184 Å². The molecule has 1 aromatic heterocycles. The number of anilines is 1. The van der Waals surface area contributed by atoms with E-state index in [4.69, 9.17) is 0 Å². The minimum absolute atomic E-state index is 0.167. The first-order valence-electron chi connectivity index (χ1n) is 10.1. The molecule has 4 aromatic rings. The lowest BCUT2D eigenvalue weighted by Gasteiger charge is -2.09. The SMILES string of the molecule is CCCCc1ccc(-n2nc3cc(C)c(NC(=O)c4ccccc4Br)cc3n2)cc1. The molecule has 1 amide bonds. The van der Waals surface area contributed by atoms with Crippen LogP contribution in [-0.4, -0.2) is 20.9 Å². The first-order valence-corrected chi connectivity index (χ1v) is 10.9. The number of hydrogen-bond donors (Lipinski definition) is 1. The van der Waals surface area contributed by atoms with E-state index >= 15 is 0 Å². The summed E-state index contributed by atoms with van der Waals surface area (Å²) >= 11 is 3.43. The fourth-order valence-electron chi connectivity index (χ4n) is 3.33. The summed E-state index contributed by atoms with van der Waals surface area (Å²) in [6, 6.07) is 19.5. The van der Waals surface area contributed by atoms with Crippen molar-refractivity contribution >= 4 is 38.6 Å². The Morgan fingerprint density at radius 1 is 1.03 bits per heavy atom. The summed E-state index contributed by atoms with van der Waals surface area (Å²) in [6.07, 6.45) is 3.47. The van der Waals surface area contributed by atoms with Gasteiger partial charge in [0.1, 0.15) is 11.0 Å². The van der Waals surface area contributed by atoms with E-state index in [0.717, 1.165) is 38.9 Å². The second-order valence-corrected chi connectivity index (χ2v) is 8.20. The molecule has 152 valence electrons. The van der Waals surface area contributed by atoms with Gasteiger partial charge in [0.25, 0.3) is 5.91 Å². The number of carbonyl (C=O) groups excluding carboxylic acids is 1. The van der Waals surface area contributed by atoms with Crippen LogP contribution in [0.1, 0.15) is 41.3 Å². The van der Waals surface area contributed by atoms with Gasteiger partial charge in [0.2, 0.25) is 0 Å². The molecule has 4 rings (SSSR count). The number of carbonyl (C=O) groups is 1. The first-order chi connectivity index (χ1) is 14.5. The third-order valence-electron chi connectivity index (χ3n) is 5.08. The summed E-state index contributed by atoms with van der Waals surface area (Å²) in [6.45, 7) is 4.15. The van der Waals surface area contributed by atoms with E-state index in [0.29, 0.717) is 5.56 Å². The zero-order chi connectivity index (χ0) is 21.1. The summed E-state index contributed by atoms with van der Waals surface area (Å²) in [5.74, 6) is -0.167. The number of aryl methyl sites for hydroxylation is 2. The van der Waals surface area contributed by atoms with Crippen LogP contribution in [0.25, 0.3) is 16.7 Å². The number of halogens is 1. The highest BCUT2D eigenvalue weighted by Gasteiger charge is 2.13. The van der Waals surface area contributed by atoms with Crippen molar-refractivity contribution in [3.63, 3.8) is 0 Å². The highest BCUT2D eigenvalue weighted by Crippen LogP contribution is 2.24. The van der Waals surface area contributed by atoms with Crippen LogP contribution in [0.15, 0.2) is 65.1 Å². The highest BCUT2D eigenvalue weighted by molar-refractivity contribution is 9.10. The molecule has 5 nitrogen and oxygen atoms in total. The third-order valence-corrected chi connectivity index (χ3v) is 5.77. The molecule has 3 aromatic carbocycles. The topological polar surface area (TPSA) is 59.8 Å². The van der Waals surface area contributed by atoms with Gasteiger partial charge in [-0.2, -0.15) is 4.80 Å². The maximum Gasteiger partial charge on any atom is 0.256 e. The summed E-state index contributed by atoms with van der Waals surface area (Å²) in [5.41, 5.74) is 6.02. The molecule has 0 atom stereocenters. The molecule has 0 aliphatic heterocycles. The number of benzene rings is 3. The maximum absolute atomic E-state index is 12.7. The number of unbranched alkanes of at least 4 members (excludes halogenated alkanes) is 1. The number of nitrogens with zero attached hydrogens (tertiary/aromatic N) is 3. The lowest BCUT2D eigenvalue weighted by atomic mass is 10.1. The Morgan fingerprint density at radius 2 is 1.73 bits per heavy atom. The quantitative estimate of drug-likeness (QED) is 0.377. The fraction of sp³-hybridized carbons (Fsp3) is 0.208. The van der Waals surface area contributed by atoms with E-state index in [1.165, 1.54) is 18.4 Å². The van der Waals surface area contributed by atoms with E-state index in [2.05, 4.69) is 50.5 Å². The summed E-state index contributed by atoms with van der Waals surface area (Å²) in [5, 5.41) is 12.2. The lowest BCUT2D eigenvalue weighted by molar-refractivity contribution is 0.102. The molecule has 0 bridgehead atoms. The van der Waals surface area contributed by atoms with Crippen molar-refractivity contribution in [1.29, 1.82) is 0 Å². The van der Waals surface area contributed by atoms with E-state index in [9.17, 15) is 4.79 Å². The van der Waals surface area contributed by atoms with Gasteiger partial charge in [-0.15, -0.1) is 10.2 Å². The lowest BCUT2D eigenvalue weighted by Crippen LogP contribution is -2.13. The smallest absolute Gasteiger partial charge is 0.256 e. The highest BCUT2D eigenvalue weighted by atomic mass is 79.9. The van der Waals surface area contributed by atoms with Gasteiger partial charge >= 0.3 is 0 Å². The average molecular weight is 463 g/mol. The van der Waals surface area contributed by atoms with Crippen LogP contribution >= 0.6 is 15.9 Å². The Morgan fingerprint density at radius 3 is 2.43 bits per heavy atom. The average Bonchev–Trinajstić information content (AvgIpc) is 3.15. The zero-order valence-corrected chi connectivity index (χ0v) is 18.6. The van der Waals surface area contributed by atoms with Crippen molar-refractivity contribution in [2.24, 2.45) is 0 Å². The Hall–Kier alpha value is -2.99. The molecule has 6 heteroatoms. The van der Waals surface area contributed by atoms with Crippen LogP contribution in [0, 0.1) is 6.92 Å². The van der Waals surface area contributed by atoms with Crippen LogP contribution < -0.4 is 5.32 Å². The molecular formula is C24H23BrN4O. The van der Waals surface area contributed by atoms with E-state index in [1.807, 2.05) is 49.4 Å². The van der Waals surface area contributed by atoms with E-state index < -0.39 is 0 Å². The van der Waals surface area contributed by atoms with Crippen LogP contribution in [0.2, 0.25) is 0 Å². The first kappa shape index (κ1) is 20.3. The third kappa shape index (κ3) is 4.28. The monoisotopic (exact) mass is 462 g/mol. The molecule has 0 unspecified atom stereocenters. The van der Waals surface area contributed by atoms with Crippen LogP contribution in [0.5, 0.6) is 0 Å².